The van der Waals surface area contributed by atoms with Crippen molar-refractivity contribution in [2.24, 2.45) is 0 Å². The van der Waals surface area contributed by atoms with E-state index in [1.165, 1.54) is 60.4 Å². The molecule has 3 heteroatoms. The first kappa shape index (κ1) is 19.2. The summed E-state index contributed by atoms with van der Waals surface area (Å²) in [5.41, 5.74) is 2.90. The van der Waals surface area contributed by atoms with Gasteiger partial charge in [-0.3, -0.25) is 9.69 Å². The fraction of sp³-hybridized carbons (Fsp3) is 0.480. The van der Waals surface area contributed by atoms with Gasteiger partial charge in [0.2, 0.25) is 5.91 Å². The first-order valence-corrected chi connectivity index (χ1v) is 10.9. The highest BCUT2D eigenvalue weighted by molar-refractivity contribution is 5.85. The van der Waals surface area contributed by atoms with Gasteiger partial charge in [-0.1, -0.05) is 54.1 Å². The third kappa shape index (κ3) is 5.23. The van der Waals surface area contributed by atoms with Crippen molar-refractivity contribution < 1.29 is 4.79 Å². The first-order chi connectivity index (χ1) is 13.8. The standard InChI is InChI=1S/C25H32N2O/c28-25(26-17-15-20-7-2-1-3-8-20)16-18-27(23-13-14-23)19-22-11-6-10-21-9-4-5-12-24(21)22/h4-7,9-12,23H,1-3,8,13-19H2,(H,26,28). The summed E-state index contributed by atoms with van der Waals surface area (Å²) in [7, 11) is 0. The fourth-order valence-corrected chi connectivity index (χ4v) is 4.31. The number of carbonyl (C=O) groups excluding carboxylic acids is 1. The Morgan fingerprint density at radius 2 is 1.93 bits per heavy atom. The van der Waals surface area contributed by atoms with Gasteiger partial charge in [0, 0.05) is 32.1 Å². The summed E-state index contributed by atoms with van der Waals surface area (Å²) in [4.78, 5) is 14.8. The molecule has 1 amide bonds. The average Bonchev–Trinajstić information content (AvgIpc) is 3.57. The van der Waals surface area contributed by atoms with E-state index in [2.05, 4.69) is 58.8 Å². The van der Waals surface area contributed by atoms with Crippen LogP contribution >= 0.6 is 0 Å². The minimum atomic E-state index is 0.194. The maximum Gasteiger partial charge on any atom is 0.221 e. The summed E-state index contributed by atoms with van der Waals surface area (Å²) >= 11 is 0. The second-order valence-corrected chi connectivity index (χ2v) is 8.30. The smallest absolute Gasteiger partial charge is 0.221 e. The zero-order valence-electron chi connectivity index (χ0n) is 16.8. The van der Waals surface area contributed by atoms with Gasteiger partial charge in [0.1, 0.15) is 0 Å². The van der Waals surface area contributed by atoms with E-state index in [0.717, 1.165) is 26.1 Å². The third-order valence-corrected chi connectivity index (χ3v) is 6.10. The molecule has 0 heterocycles. The van der Waals surface area contributed by atoms with Gasteiger partial charge in [0.25, 0.3) is 0 Å². The van der Waals surface area contributed by atoms with Crippen LogP contribution in [0.15, 0.2) is 54.1 Å². The molecule has 0 aliphatic heterocycles. The maximum absolute atomic E-state index is 12.3. The van der Waals surface area contributed by atoms with Gasteiger partial charge in [-0.05, 0) is 61.3 Å². The van der Waals surface area contributed by atoms with Crippen molar-refractivity contribution in [2.45, 2.75) is 64.0 Å². The van der Waals surface area contributed by atoms with Gasteiger partial charge >= 0.3 is 0 Å². The predicted octanol–water partition coefficient (Wildman–Crippen LogP) is 5.20. The summed E-state index contributed by atoms with van der Waals surface area (Å²) in [6, 6.07) is 15.8. The molecule has 2 aliphatic rings. The van der Waals surface area contributed by atoms with E-state index in [4.69, 9.17) is 0 Å². The maximum atomic E-state index is 12.3. The van der Waals surface area contributed by atoms with Gasteiger partial charge in [0.05, 0.1) is 0 Å². The van der Waals surface area contributed by atoms with Crippen molar-refractivity contribution in [2.75, 3.05) is 13.1 Å². The molecule has 1 N–H and O–H groups in total. The van der Waals surface area contributed by atoms with E-state index in [1.807, 2.05) is 0 Å². The van der Waals surface area contributed by atoms with Gasteiger partial charge in [-0.15, -0.1) is 0 Å². The van der Waals surface area contributed by atoms with E-state index in [0.29, 0.717) is 12.5 Å². The van der Waals surface area contributed by atoms with Gasteiger partial charge in [0.15, 0.2) is 0 Å². The Balaban J connectivity index is 1.28. The number of allylic oxidation sites excluding steroid dienone is 1. The highest BCUT2D eigenvalue weighted by Crippen LogP contribution is 2.30. The third-order valence-electron chi connectivity index (χ3n) is 6.10. The molecule has 148 valence electrons. The largest absolute Gasteiger partial charge is 0.356 e. The Hall–Kier alpha value is -2.13. The van der Waals surface area contributed by atoms with E-state index in [-0.39, 0.29) is 5.91 Å². The van der Waals surface area contributed by atoms with Crippen LogP contribution in [-0.4, -0.2) is 29.9 Å². The molecule has 2 aliphatic carbocycles. The van der Waals surface area contributed by atoms with Crippen LogP contribution in [0.1, 0.15) is 56.9 Å². The molecule has 0 spiro atoms. The van der Waals surface area contributed by atoms with Crippen molar-refractivity contribution >= 4 is 16.7 Å². The van der Waals surface area contributed by atoms with Crippen LogP contribution in [0.3, 0.4) is 0 Å². The SMILES string of the molecule is O=C(CCN(Cc1cccc2ccccc12)C1CC1)NCCC1=CCCCC1. The van der Waals surface area contributed by atoms with Crippen LogP contribution in [0.5, 0.6) is 0 Å². The van der Waals surface area contributed by atoms with E-state index >= 15 is 0 Å². The second-order valence-electron chi connectivity index (χ2n) is 8.30. The molecule has 28 heavy (non-hydrogen) atoms. The number of benzene rings is 2. The molecule has 0 aromatic heterocycles. The number of nitrogens with zero attached hydrogens (tertiary/aromatic N) is 1. The number of hydrogen-bond acceptors (Lipinski definition) is 2. The molecule has 1 saturated carbocycles. The number of rotatable bonds is 9. The Bertz CT molecular complexity index is 832. The molecule has 2 aromatic carbocycles. The summed E-state index contributed by atoms with van der Waals surface area (Å²) < 4.78 is 0. The van der Waals surface area contributed by atoms with E-state index in [1.54, 1.807) is 0 Å². The van der Waals surface area contributed by atoms with Crippen LogP contribution in [0.4, 0.5) is 0 Å². The molecule has 0 bridgehead atoms. The minimum Gasteiger partial charge on any atom is -0.356 e. The van der Waals surface area contributed by atoms with Crippen LogP contribution in [0.2, 0.25) is 0 Å². The Morgan fingerprint density at radius 1 is 1.07 bits per heavy atom. The normalized spacial score (nSPS) is 17.0. The lowest BCUT2D eigenvalue weighted by molar-refractivity contribution is -0.121. The van der Waals surface area contributed by atoms with Crippen molar-refractivity contribution in [1.29, 1.82) is 0 Å². The van der Waals surface area contributed by atoms with Gasteiger partial charge < -0.3 is 5.32 Å². The molecular weight excluding hydrogens is 344 g/mol. The molecule has 3 nitrogen and oxygen atoms in total. The zero-order valence-corrected chi connectivity index (χ0v) is 16.8. The number of fused-ring (bicyclic) bond motifs is 1. The highest BCUT2D eigenvalue weighted by atomic mass is 16.1. The summed E-state index contributed by atoms with van der Waals surface area (Å²) in [6.45, 7) is 2.58. The lowest BCUT2D eigenvalue weighted by atomic mass is 9.97. The zero-order chi connectivity index (χ0) is 19.2. The lowest BCUT2D eigenvalue weighted by Gasteiger charge is -2.23. The van der Waals surface area contributed by atoms with Crippen LogP contribution in [0, 0.1) is 0 Å². The topological polar surface area (TPSA) is 32.3 Å². The van der Waals surface area contributed by atoms with Gasteiger partial charge in [-0.25, -0.2) is 0 Å². The van der Waals surface area contributed by atoms with Crippen LogP contribution in [-0.2, 0) is 11.3 Å². The number of carbonyl (C=O) groups is 1. The highest BCUT2D eigenvalue weighted by Gasteiger charge is 2.29. The quantitative estimate of drug-likeness (QED) is 0.610. The van der Waals surface area contributed by atoms with Crippen molar-refractivity contribution in [1.82, 2.24) is 10.2 Å². The second kappa shape index (κ2) is 9.38. The Kier molecular flexibility index (Phi) is 6.43. The summed E-state index contributed by atoms with van der Waals surface area (Å²) in [6.07, 6.45) is 11.6. The summed E-state index contributed by atoms with van der Waals surface area (Å²) in [5, 5.41) is 5.76. The first-order valence-electron chi connectivity index (χ1n) is 10.9. The summed E-state index contributed by atoms with van der Waals surface area (Å²) in [5.74, 6) is 0.194. The molecule has 2 aromatic rings. The predicted molar refractivity (Wildman–Crippen MR) is 116 cm³/mol. The Morgan fingerprint density at radius 3 is 2.75 bits per heavy atom. The van der Waals surface area contributed by atoms with Crippen LogP contribution < -0.4 is 5.32 Å². The monoisotopic (exact) mass is 376 g/mol. The van der Waals surface area contributed by atoms with Crippen molar-refractivity contribution in [3.63, 3.8) is 0 Å². The number of amides is 1. The Labute approximate surface area is 168 Å². The molecule has 0 saturated heterocycles. The molecule has 1 fully saturated rings. The fourth-order valence-electron chi connectivity index (χ4n) is 4.31. The lowest BCUT2D eigenvalue weighted by Crippen LogP contribution is -2.32. The van der Waals surface area contributed by atoms with E-state index < -0.39 is 0 Å². The molecule has 0 unspecified atom stereocenters. The van der Waals surface area contributed by atoms with Crippen molar-refractivity contribution in [3.8, 4) is 0 Å². The average molecular weight is 377 g/mol. The number of hydrogen-bond donors (Lipinski definition) is 1. The van der Waals surface area contributed by atoms with E-state index in [9.17, 15) is 4.79 Å². The molecule has 0 atom stereocenters. The molecular formula is C25H32N2O. The molecule has 0 radical (unpaired) electrons. The number of nitrogens with one attached hydrogen (secondary N) is 1. The van der Waals surface area contributed by atoms with Gasteiger partial charge in [-0.2, -0.15) is 0 Å². The van der Waals surface area contributed by atoms with Crippen molar-refractivity contribution in [3.05, 3.63) is 59.7 Å². The molecule has 4 rings (SSSR count). The van der Waals surface area contributed by atoms with Crippen LogP contribution in [0.25, 0.3) is 10.8 Å². The minimum absolute atomic E-state index is 0.194.